The highest BCUT2D eigenvalue weighted by molar-refractivity contribution is 7.90. The maximum Gasteiger partial charge on any atom is 0.301 e. The van der Waals surface area contributed by atoms with Gasteiger partial charge in [-0.2, -0.15) is 18.0 Å². The maximum absolute atomic E-state index is 14.7. The molecule has 1 aliphatic rings. The van der Waals surface area contributed by atoms with Gasteiger partial charge in [0, 0.05) is 28.9 Å². The number of hydrogen-bond acceptors (Lipinski definition) is 6. The molecular formula is C20H16F2N7O3S+. The number of ether oxygens (including phenoxy) is 1. The molecule has 1 saturated heterocycles. The molecular weight excluding hydrogens is 456 g/mol. The summed E-state index contributed by atoms with van der Waals surface area (Å²) < 4.78 is 65.4. The molecule has 0 spiro atoms. The van der Waals surface area contributed by atoms with E-state index in [4.69, 9.17) is 4.74 Å². The summed E-state index contributed by atoms with van der Waals surface area (Å²) in [6.45, 7) is -0.275. The van der Waals surface area contributed by atoms with Crippen LogP contribution in [-0.2, 0) is 10.2 Å². The highest BCUT2D eigenvalue weighted by Crippen LogP contribution is 2.34. The Bertz CT molecular complexity index is 1530. The highest BCUT2D eigenvalue weighted by atomic mass is 32.2. The maximum atomic E-state index is 14.7. The standard InChI is InChI=1S/C20H16F2N7O3S/c21-13-5-7-27(11-13)33(30,31)26-17-4-2-16(22)20(15(17)10-23)32-14-1-3-18-19(9-14)28-8-6-25-29(28)12-24-18/h1-4,6,8-9,12-13,26H,5,7,11H2/q+1/t13-/m0/s1. The number of nitrogens with one attached hydrogen (secondary N) is 1. The first kappa shape index (κ1) is 21.0. The molecule has 0 radical (unpaired) electrons. The fraction of sp³-hybridized carbons (Fsp3) is 0.200. The third-order valence-electron chi connectivity index (χ3n) is 5.22. The van der Waals surface area contributed by atoms with Crippen molar-refractivity contribution < 1.29 is 26.5 Å². The lowest BCUT2D eigenvalue weighted by Crippen LogP contribution is -2.34. The van der Waals surface area contributed by atoms with E-state index in [1.54, 1.807) is 41.2 Å². The molecule has 0 unspecified atom stereocenters. The Balaban J connectivity index is 1.52. The van der Waals surface area contributed by atoms with Gasteiger partial charge in [-0.25, -0.2) is 13.8 Å². The molecule has 0 bridgehead atoms. The fourth-order valence-corrected chi connectivity index (χ4v) is 4.90. The zero-order valence-corrected chi connectivity index (χ0v) is 17.7. The summed E-state index contributed by atoms with van der Waals surface area (Å²) in [7, 11) is -4.13. The van der Waals surface area contributed by atoms with Crippen molar-refractivity contribution in [2.75, 3.05) is 17.8 Å². The molecule has 2 aromatic carbocycles. The second-order valence-electron chi connectivity index (χ2n) is 7.34. The Morgan fingerprint density at radius 2 is 2.15 bits per heavy atom. The summed E-state index contributed by atoms with van der Waals surface area (Å²) in [4.78, 5) is 4.27. The summed E-state index contributed by atoms with van der Waals surface area (Å²) in [6.07, 6.45) is 3.63. The summed E-state index contributed by atoms with van der Waals surface area (Å²) in [5.74, 6) is -1.10. The van der Waals surface area contributed by atoms with Crippen LogP contribution >= 0.6 is 0 Å². The molecule has 0 amide bonds. The third-order valence-corrected chi connectivity index (χ3v) is 6.71. The van der Waals surface area contributed by atoms with Crippen molar-refractivity contribution >= 4 is 26.9 Å². The van der Waals surface area contributed by atoms with Gasteiger partial charge in [0.1, 0.15) is 29.1 Å². The van der Waals surface area contributed by atoms with Crippen LogP contribution in [0.25, 0.3) is 11.0 Å². The van der Waals surface area contributed by atoms with E-state index in [1.807, 2.05) is 0 Å². The minimum Gasteiger partial charge on any atom is -0.453 e. The number of hydrogen-bond donors (Lipinski definition) is 1. The average molecular weight is 472 g/mol. The number of nitrogens with zero attached hydrogens (tertiary/aromatic N) is 6. The molecule has 4 aromatic rings. The predicted octanol–water partition coefficient (Wildman–Crippen LogP) is 1.97. The van der Waals surface area contributed by atoms with Crippen molar-refractivity contribution in [2.24, 2.45) is 0 Å². The van der Waals surface area contributed by atoms with Gasteiger partial charge in [0.05, 0.1) is 5.69 Å². The van der Waals surface area contributed by atoms with Crippen LogP contribution in [0.15, 0.2) is 49.1 Å². The van der Waals surface area contributed by atoms with Crippen molar-refractivity contribution in [1.29, 1.82) is 5.26 Å². The number of alkyl halides is 1. The lowest BCUT2D eigenvalue weighted by molar-refractivity contribution is -0.596. The first-order chi connectivity index (χ1) is 15.9. The molecule has 1 fully saturated rings. The Labute approximate surface area is 186 Å². The smallest absolute Gasteiger partial charge is 0.301 e. The number of rotatable bonds is 5. The van der Waals surface area contributed by atoms with Crippen molar-refractivity contribution in [1.82, 2.24) is 19.0 Å². The molecule has 5 rings (SSSR count). The summed E-state index contributed by atoms with van der Waals surface area (Å²) >= 11 is 0. The summed E-state index contributed by atoms with van der Waals surface area (Å²) in [5.41, 5.74) is 0.715. The Hall–Kier alpha value is -3.89. The van der Waals surface area contributed by atoms with Crippen LogP contribution in [0.3, 0.4) is 0 Å². The molecule has 0 aliphatic carbocycles. The van der Waals surface area contributed by atoms with Crippen LogP contribution in [0.2, 0.25) is 0 Å². The van der Waals surface area contributed by atoms with Gasteiger partial charge < -0.3 is 4.74 Å². The van der Waals surface area contributed by atoms with Gasteiger partial charge in [-0.3, -0.25) is 4.72 Å². The number of anilines is 1. The minimum absolute atomic E-state index is 0.00873. The summed E-state index contributed by atoms with van der Waals surface area (Å²) in [6, 6.07) is 8.70. The lowest BCUT2D eigenvalue weighted by Gasteiger charge is -2.18. The van der Waals surface area contributed by atoms with E-state index < -0.39 is 27.9 Å². The van der Waals surface area contributed by atoms with E-state index in [0.29, 0.717) is 11.0 Å². The molecule has 33 heavy (non-hydrogen) atoms. The van der Waals surface area contributed by atoms with Gasteiger partial charge in [0.25, 0.3) is 0 Å². The monoisotopic (exact) mass is 472 g/mol. The Morgan fingerprint density at radius 3 is 2.91 bits per heavy atom. The van der Waals surface area contributed by atoms with Crippen LogP contribution in [-0.4, -0.2) is 46.7 Å². The van der Waals surface area contributed by atoms with Gasteiger partial charge in [-0.05, 0) is 30.7 Å². The zero-order valence-electron chi connectivity index (χ0n) is 16.9. The Morgan fingerprint density at radius 1 is 1.30 bits per heavy atom. The second-order valence-corrected chi connectivity index (χ2v) is 9.01. The Kier molecular flexibility index (Phi) is 5.03. The first-order valence-electron chi connectivity index (χ1n) is 9.82. The number of halogens is 2. The highest BCUT2D eigenvalue weighted by Gasteiger charge is 2.32. The molecule has 1 N–H and O–H groups in total. The molecule has 168 valence electrons. The third kappa shape index (κ3) is 3.79. The molecule has 1 atom stereocenters. The van der Waals surface area contributed by atoms with E-state index >= 15 is 0 Å². The van der Waals surface area contributed by atoms with Gasteiger partial charge in [-0.1, -0.05) is 0 Å². The quantitative estimate of drug-likeness (QED) is 0.444. The molecule has 3 heterocycles. The predicted molar refractivity (Wildman–Crippen MR) is 111 cm³/mol. The zero-order chi connectivity index (χ0) is 23.2. The first-order valence-corrected chi connectivity index (χ1v) is 11.3. The topological polar surface area (TPSA) is 117 Å². The van der Waals surface area contributed by atoms with Crippen molar-refractivity contribution in [2.45, 2.75) is 12.6 Å². The summed E-state index contributed by atoms with van der Waals surface area (Å²) in [5, 5.41) is 13.7. The SMILES string of the molecule is N#Cc1c(NS(=O)(=O)N2CC[C@H](F)C2)ccc(F)c1Oc1ccc2ncn3ncc[n+]3c2c1. The molecule has 2 aromatic heterocycles. The van der Waals surface area contributed by atoms with Gasteiger partial charge in [0.15, 0.2) is 29.6 Å². The van der Waals surface area contributed by atoms with Gasteiger partial charge in [0.2, 0.25) is 6.20 Å². The van der Waals surface area contributed by atoms with Crippen LogP contribution in [0, 0.1) is 17.1 Å². The van der Waals surface area contributed by atoms with Crippen LogP contribution in [0.5, 0.6) is 11.5 Å². The van der Waals surface area contributed by atoms with Crippen LogP contribution in [0.4, 0.5) is 14.5 Å². The largest absolute Gasteiger partial charge is 0.453 e. The van der Waals surface area contributed by atoms with Gasteiger partial charge >= 0.3 is 10.2 Å². The molecule has 13 heteroatoms. The minimum atomic E-state index is -4.13. The number of aromatic nitrogens is 4. The normalized spacial score (nSPS) is 16.8. The molecule has 1 aliphatic heterocycles. The van der Waals surface area contributed by atoms with E-state index in [1.165, 1.54) is 11.0 Å². The van der Waals surface area contributed by atoms with E-state index in [2.05, 4.69) is 14.8 Å². The van der Waals surface area contributed by atoms with E-state index in [0.717, 1.165) is 16.4 Å². The average Bonchev–Trinajstić information content (AvgIpc) is 3.45. The number of fused-ring (bicyclic) bond motifs is 3. The second kappa shape index (κ2) is 7.91. The fourth-order valence-electron chi connectivity index (χ4n) is 3.61. The van der Waals surface area contributed by atoms with Crippen LogP contribution in [0.1, 0.15) is 12.0 Å². The van der Waals surface area contributed by atoms with Gasteiger partial charge in [-0.15, -0.1) is 4.52 Å². The van der Waals surface area contributed by atoms with E-state index in [9.17, 15) is 22.5 Å². The lowest BCUT2D eigenvalue weighted by atomic mass is 10.1. The van der Waals surface area contributed by atoms with E-state index in [-0.39, 0.29) is 36.5 Å². The molecule has 0 saturated carbocycles. The number of benzene rings is 2. The van der Waals surface area contributed by atoms with Crippen molar-refractivity contribution in [3.63, 3.8) is 0 Å². The number of nitriles is 1. The molecule has 10 nitrogen and oxygen atoms in total. The van der Waals surface area contributed by atoms with Crippen molar-refractivity contribution in [3.8, 4) is 17.6 Å². The van der Waals surface area contributed by atoms with Crippen LogP contribution < -0.4 is 14.0 Å². The van der Waals surface area contributed by atoms with Crippen molar-refractivity contribution in [3.05, 3.63) is 60.4 Å².